The zero-order valence-electron chi connectivity index (χ0n) is 15.6. The minimum atomic E-state index is -0.991. The molecule has 1 aliphatic heterocycles. The van der Waals surface area contributed by atoms with Crippen LogP contribution in [0, 0.1) is 23.6 Å². The van der Waals surface area contributed by atoms with E-state index in [1.165, 1.54) is 24.6 Å². The molecule has 0 spiro atoms. The summed E-state index contributed by atoms with van der Waals surface area (Å²) in [6.45, 7) is 1.23. The van der Waals surface area contributed by atoms with Crippen molar-refractivity contribution in [1.82, 2.24) is 9.80 Å². The standard InChI is InChI=1S/C20H22FN3O4/c1-11(16-8-12-5-6-13(16)7-12)24-19(27)18(26)23(20(24)28)10-17(25)22-15-4-2-3-14(21)9-15/h2-4,9,11-13,16H,5-8,10H2,1H3,(H,22,25)/t11-,12-,13-,16-/m0/s1. The molecule has 3 fully saturated rings. The lowest BCUT2D eigenvalue weighted by Gasteiger charge is -2.32. The molecule has 4 rings (SSSR count). The van der Waals surface area contributed by atoms with Gasteiger partial charge in [0.2, 0.25) is 5.91 Å². The molecule has 2 aliphatic carbocycles. The molecule has 1 aromatic rings. The van der Waals surface area contributed by atoms with E-state index in [9.17, 15) is 23.6 Å². The van der Waals surface area contributed by atoms with E-state index in [0.29, 0.717) is 16.7 Å². The number of halogens is 1. The highest BCUT2D eigenvalue weighted by Gasteiger charge is 2.52. The number of hydrogen-bond donors (Lipinski definition) is 1. The number of carbonyl (C=O) groups excluding carboxylic acids is 4. The summed E-state index contributed by atoms with van der Waals surface area (Å²) in [4.78, 5) is 51.4. The van der Waals surface area contributed by atoms with E-state index in [4.69, 9.17) is 0 Å². The minimum Gasteiger partial charge on any atom is -0.324 e. The molecule has 0 aromatic heterocycles. The van der Waals surface area contributed by atoms with Crippen molar-refractivity contribution < 1.29 is 23.6 Å². The fourth-order valence-corrected chi connectivity index (χ4v) is 5.01. The van der Waals surface area contributed by atoms with Gasteiger partial charge in [0.1, 0.15) is 12.4 Å². The number of hydrogen-bond acceptors (Lipinski definition) is 4. The van der Waals surface area contributed by atoms with Crippen LogP contribution in [0.1, 0.15) is 32.6 Å². The number of carbonyl (C=O) groups is 4. The van der Waals surface area contributed by atoms with Crippen molar-refractivity contribution in [3.63, 3.8) is 0 Å². The van der Waals surface area contributed by atoms with Gasteiger partial charge in [-0.3, -0.25) is 19.3 Å². The van der Waals surface area contributed by atoms with E-state index in [2.05, 4.69) is 5.32 Å². The Morgan fingerprint density at radius 1 is 1.21 bits per heavy atom. The molecular weight excluding hydrogens is 365 g/mol. The van der Waals surface area contributed by atoms with Gasteiger partial charge < -0.3 is 5.32 Å². The average Bonchev–Trinajstić information content (AvgIpc) is 3.33. The number of imide groups is 2. The van der Waals surface area contributed by atoms with Gasteiger partial charge in [0.05, 0.1) is 0 Å². The summed E-state index contributed by atoms with van der Waals surface area (Å²) >= 11 is 0. The average molecular weight is 387 g/mol. The highest BCUT2D eigenvalue weighted by atomic mass is 19.1. The molecule has 5 amide bonds. The Morgan fingerprint density at radius 2 is 2.00 bits per heavy atom. The number of amides is 5. The molecule has 7 nitrogen and oxygen atoms in total. The van der Waals surface area contributed by atoms with Crippen LogP contribution in [0.3, 0.4) is 0 Å². The van der Waals surface area contributed by atoms with Crippen molar-refractivity contribution in [2.45, 2.75) is 38.6 Å². The van der Waals surface area contributed by atoms with Gasteiger partial charge in [-0.05, 0) is 62.1 Å². The van der Waals surface area contributed by atoms with Crippen molar-refractivity contribution in [1.29, 1.82) is 0 Å². The molecule has 1 heterocycles. The normalized spacial score (nSPS) is 27.6. The number of benzene rings is 1. The minimum absolute atomic E-state index is 0.209. The third-order valence-electron chi connectivity index (χ3n) is 6.31. The second-order valence-electron chi connectivity index (χ2n) is 7.99. The third kappa shape index (κ3) is 3.16. The van der Waals surface area contributed by atoms with E-state index in [1.54, 1.807) is 0 Å². The topological polar surface area (TPSA) is 86.8 Å². The molecule has 28 heavy (non-hydrogen) atoms. The SMILES string of the molecule is C[C@@H]([C@@H]1C[C@H]2CC[C@H]1C2)N1C(=O)C(=O)N(CC(=O)Nc2cccc(F)c2)C1=O. The number of nitrogens with one attached hydrogen (secondary N) is 1. The van der Waals surface area contributed by atoms with Crippen molar-refractivity contribution >= 4 is 29.4 Å². The fourth-order valence-electron chi connectivity index (χ4n) is 5.01. The van der Waals surface area contributed by atoms with Crippen LogP contribution in [0.2, 0.25) is 0 Å². The molecule has 2 bridgehead atoms. The van der Waals surface area contributed by atoms with E-state index in [-0.39, 0.29) is 17.6 Å². The molecule has 148 valence electrons. The highest BCUT2D eigenvalue weighted by Crippen LogP contribution is 2.50. The molecule has 8 heteroatoms. The molecule has 0 radical (unpaired) electrons. The van der Waals surface area contributed by atoms with Crippen LogP contribution < -0.4 is 5.32 Å². The Balaban J connectivity index is 1.44. The molecule has 1 N–H and O–H groups in total. The van der Waals surface area contributed by atoms with Gasteiger partial charge in [-0.25, -0.2) is 14.1 Å². The summed E-state index contributed by atoms with van der Waals surface area (Å²) < 4.78 is 13.2. The van der Waals surface area contributed by atoms with E-state index in [1.807, 2.05) is 6.92 Å². The Morgan fingerprint density at radius 3 is 2.64 bits per heavy atom. The largest absolute Gasteiger partial charge is 0.334 e. The Hall–Kier alpha value is -2.77. The highest BCUT2D eigenvalue weighted by molar-refractivity contribution is 6.45. The van der Waals surface area contributed by atoms with Gasteiger partial charge in [0.25, 0.3) is 0 Å². The Kier molecular flexibility index (Phi) is 4.64. The van der Waals surface area contributed by atoms with Crippen LogP contribution in [-0.4, -0.2) is 46.1 Å². The lowest BCUT2D eigenvalue weighted by atomic mass is 9.83. The van der Waals surface area contributed by atoms with Crippen LogP contribution in [-0.2, 0) is 14.4 Å². The third-order valence-corrected chi connectivity index (χ3v) is 6.31. The van der Waals surface area contributed by atoms with Gasteiger partial charge in [-0.1, -0.05) is 12.5 Å². The van der Waals surface area contributed by atoms with Crippen LogP contribution in [0.5, 0.6) is 0 Å². The lowest BCUT2D eigenvalue weighted by Crippen LogP contribution is -2.45. The number of nitrogens with zero attached hydrogens (tertiary/aromatic N) is 2. The number of rotatable bonds is 5. The van der Waals surface area contributed by atoms with Crippen LogP contribution in [0.4, 0.5) is 14.9 Å². The first-order valence-corrected chi connectivity index (χ1v) is 9.59. The van der Waals surface area contributed by atoms with Gasteiger partial charge in [-0.2, -0.15) is 0 Å². The molecule has 3 aliphatic rings. The molecular formula is C20H22FN3O4. The second kappa shape index (κ2) is 7.00. The summed E-state index contributed by atoms with van der Waals surface area (Å²) in [5, 5.41) is 2.43. The maximum atomic E-state index is 13.2. The van der Waals surface area contributed by atoms with Gasteiger partial charge >= 0.3 is 17.8 Å². The zero-order valence-corrected chi connectivity index (χ0v) is 15.6. The monoisotopic (exact) mass is 387 g/mol. The fraction of sp³-hybridized carbons (Fsp3) is 0.500. The molecule has 0 unspecified atom stereocenters. The number of fused-ring (bicyclic) bond motifs is 2. The Labute approximate surface area is 161 Å². The van der Waals surface area contributed by atoms with Crippen LogP contribution in [0.25, 0.3) is 0 Å². The zero-order chi connectivity index (χ0) is 20.0. The first-order chi connectivity index (χ1) is 13.3. The lowest BCUT2D eigenvalue weighted by molar-refractivity contribution is -0.144. The van der Waals surface area contributed by atoms with Crippen molar-refractivity contribution in [2.24, 2.45) is 17.8 Å². The molecule has 1 saturated heterocycles. The van der Waals surface area contributed by atoms with Crippen LogP contribution >= 0.6 is 0 Å². The first-order valence-electron chi connectivity index (χ1n) is 9.59. The van der Waals surface area contributed by atoms with E-state index >= 15 is 0 Å². The second-order valence-corrected chi connectivity index (χ2v) is 7.99. The predicted octanol–water partition coefficient (Wildman–Crippen LogP) is 2.38. The summed E-state index contributed by atoms with van der Waals surface area (Å²) in [5.41, 5.74) is 0.211. The predicted molar refractivity (Wildman–Crippen MR) is 97.4 cm³/mol. The summed E-state index contributed by atoms with van der Waals surface area (Å²) in [5.74, 6) is -1.72. The van der Waals surface area contributed by atoms with Crippen molar-refractivity contribution in [3.05, 3.63) is 30.1 Å². The summed E-state index contributed by atoms with van der Waals surface area (Å²) in [6, 6.07) is 4.16. The first kappa shape index (κ1) is 18.6. The summed E-state index contributed by atoms with van der Waals surface area (Å²) in [6.07, 6.45) is 4.39. The van der Waals surface area contributed by atoms with E-state index < -0.39 is 36.1 Å². The molecule has 1 aromatic carbocycles. The van der Waals surface area contributed by atoms with Crippen molar-refractivity contribution in [3.8, 4) is 0 Å². The van der Waals surface area contributed by atoms with Crippen molar-refractivity contribution in [2.75, 3.05) is 11.9 Å². The summed E-state index contributed by atoms with van der Waals surface area (Å²) in [7, 11) is 0. The number of anilines is 1. The van der Waals surface area contributed by atoms with Gasteiger partial charge in [-0.15, -0.1) is 0 Å². The smallest absolute Gasteiger partial charge is 0.324 e. The number of urea groups is 1. The molecule has 2 saturated carbocycles. The maximum absolute atomic E-state index is 13.2. The quantitative estimate of drug-likeness (QED) is 0.621. The maximum Gasteiger partial charge on any atom is 0.334 e. The van der Waals surface area contributed by atoms with Gasteiger partial charge in [0, 0.05) is 11.7 Å². The van der Waals surface area contributed by atoms with Gasteiger partial charge in [0.15, 0.2) is 0 Å². The Bertz CT molecular complexity index is 858. The molecule has 4 atom stereocenters. The van der Waals surface area contributed by atoms with Crippen LogP contribution in [0.15, 0.2) is 24.3 Å². The van der Waals surface area contributed by atoms with E-state index in [0.717, 1.165) is 30.2 Å².